The van der Waals surface area contributed by atoms with E-state index in [1.807, 2.05) is 48.2 Å². The highest BCUT2D eigenvalue weighted by Crippen LogP contribution is 2.18. The number of hydrogen-bond donors (Lipinski definition) is 1. The number of carbonyl (C=O) groups excluding carboxylic acids is 2. The first-order chi connectivity index (χ1) is 11.5. The number of rotatable bonds is 7. The number of likely N-dealkylation sites (tertiary alicyclic amines) is 1. The third-order valence-corrected chi connectivity index (χ3v) is 4.71. The molecule has 132 valence electrons. The van der Waals surface area contributed by atoms with Crippen molar-refractivity contribution in [2.75, 3.05) is 40.3 Å². The summed E-state index contributed by atoms with van der Waals surface area (Å²) in [7, 11) is 3.96. The molecule has 0 saturated carbocycles. The maximum absolute atomic E-state index is 12.4. The average Bonchev–Trinajstić information content (AvgIpc) is 2.55. The number of halogens is 1. The lowest BCUT2D eigenvalue weighted by molar-refractivity contribution is -0.138. The quantitative estimate of drug-likeness (QED) is 0.815. The van der Waals surface area contributed by atoms with Gasteiger partial charge in [-0.2, -0.15) is 0 Å². The van der Waals surface area contributed by atoms with Crippen molar-refractivity contribution in [1.29, 1.82) is 0 Å². The molecule has 1 aliphatic rings. The lowest BCUT2D eigenvalue weighted by atomic mass is 9.96. The van der Waals surface area contributed by atoms with Gasteiger partial charge < -0.3 is 15.1 Å². The monoisotopic (exact) mass is 351 g/mol. The summed E-state index contributed by atoms with van der Waals surface area (Å²) in [6, 6.07) is 7.66. The molecular formula is C18H26ClN3O2. The van der Waals surface area contributed by atoms with Crippen molar-refractivity contribution in [3.63, 3.8) is 0 Å². The summed E-state index contributed by atoms with van der Waals surface area (Å²) < 4.78 is 0. The van der Waals surface area contributed by atoms with E-state index >= 15 is 0 Å². The van der Waals surface area contributed by atoms with Gasteiger partial charge in [-0.3, -0.25) is 9.59 Å². The van der Waals surface area contributed by atoms with Gasteiger partial charge in [-0.15, -0.1) is 0 Å². The standard InChI is InChI=1S/C18H26ClN3O2/c1-21(2)11-12-22-13-15(7-8-17(22)23)18(24)20-10-9-14-5-3-4-6-16(14)19/h3-6,15H,7-13H2,1-2H3,(H,20,24)/t15-/m0/s1. The van der Waals surface area contributed by atoms with Crippen molar-refractivity contribution in [3.8, 4) is 0 Å². The van der Waals surface area contributed by atoms with Crippen LogP contribution in [0, 0.1) is 5.92 Å². The van der Waals surface area contributed by atoms with Gasteiger partial charge in [0, 0.05) is 37.6 Å². The van der Waals surface area contributed by atoms with Crippen LogP contribution in [0.4, 0.5) is 0 Å². The lowest BCUT2D eigenvalue weighted by Gasteiger charge is -2.32. The second-order valence-electron chi connectivity index (χ2n) is 6.51. The number of nitrogens with zero attached hydrogens (tertiary/aromatic N) is 2. The number of carbonyl (C=O) groups is 2. The largest absolute Gasteiger partial charge is 0.355 e. The van der Waals surface area contributed by atoms with Gasteiger partial charge in [0.2, 0.25) is 11.8 Å². The van der Waals surface area contributed by atoms with Crippen LogP contribution in [-0.4, -0.2) is 61.9 Å². The molecule has 1 heterocycles. The molecule has 1 N–H and O–H groups in total. The predicted octanol–water partition coefficient (Wildman–Crippen LogP) is 1.80. The minimum Gasteiger partial charge on any atom is -0.355 e. The number of hydrogen-bond acceptors (Lipinski definition) is 3. The molecule has 2 rings (SSSR count). The van der Waals surface area contributed by atoms with Crippen LogP contribution in [-0.2, 0) is 16.0 Å². The molecule has 0 spiro atoms. The Balaban J connectivity index is 1.79. The molecule has 24 heavy (non-hydrogen) atoms. The molecule has 5 nitrogen and oxygen atoms in total. The highest BCUT2D eigenvalue weighted by atomic mass is 35.5. The summed E-state index contributed by atoms with van der Waals surface area (Å²) in [5.41, 5.74) is 1.03. The zero-order valence-electron chi connectivity index (χ0n) is 14.4. The molecule has 0 aliphatic carbocycles. The van der Waals surface area contributed by atoms with Crippen molar-refractivity contribution in [1.82, 2.24) is 15.1 Å². The van der Waals surface area contributed by atoms with Crippen LogP contribution >= 0.6 is 11.6 Å². The third kappa shape index (κ3) is 5.49. The lowest BCUT2D eigenvalue weighted by Crippen LogP contribution is -2.47. The summed E-state index contributed by atoms with van der Waals surface area (Å²) >= 11 is 6.12. The second-order valence-corrected chi connectivity index (χ2v) is 6.92. The number of likely N-dealkylation sites (N-methyl/N-ethyl adjacent to an activating group) is 1. The molecule has 6 heteroatoms. The minimum absolute atomic E-state index is 0.0319. The summed E-state index contributed by atoms with van der Waals surface area (Å²) in [5.74, 6) is 0.0671. The molecular weight excluding hydrogens is 326 g/mol. The van der Waals surface area contributed by atoms with Gasteiger partial charge in [0.15, 0.2) is 0 Å². The van der Waals surface area contributed by atoms with Gasteiger partial charge in [0.1, 0.15) is 0 Å². The van der Waals surface area contributed by atoms with Gasteiger partial charge in [0.25, 0.3) is 0 Å². The van der Waals surface area contributed by atoms with Gasteiger partial charge in [-0.1, -0.05) is 29.8 Å². The van der Waals surface area contributed by atoms with Crippen molar-refractivity contribution >= 4 is 23.4 Å². The summed E-state index contributed by atoms with van der Waals surface area (Å²) in [4.78, 5) is 28.2. The Morgan fingerprint density at radius 1 is 1.38 bits per heavy atom. The smallest absolute Gasteiger partial charge is 0.224 e. The maximum Gasteiger partial charge on any atom is 0.224 e. The molecule has 0 radical (unpaired) electrons. The molecule has 1 saturated heterocycles. The van der Waals surface area contributed by atoms with Crippen LogP contribution in [0.5, 0.6) is 0 Å². The predicted molar refractivity (Wildman–Crippen MR) is 96.0 cm³/mol. The number of amides is 2. The zero-order valence-corrected chi connectivity index (χ0v) is 15.2. The van der Waals surface area contributed by atoms with E-state index < -0.39 is 0 Å². The summed E-state index contributed by atoms with van der Waals surface area (Å²) in [6.07, 6.45) is 1.80. The SMILES string of the molecule is CN(C)CCN1C[C@@H](C(=O)NCCc2ccccc2Cl)CCC1=O. The molecule has 2 amide bonds. The maximum atomic E-state index is 12.4. The first kappa shape index (κ1) is 18.7. The molecule has 1 aromatic carbocycles. The fraction of sp³-hybridized carbons (Fsp3) is 0.556. The minimum atomic E-state index is -0.115. The fourth-order valence-corrected chi connectivity index (χ4v) is 3.06. The second kappa shape index (κ2) is 9.04. The van der Waals surface area contributed by atoms with Crippen molar-refractivity contribution in [2.45, 2.75) is 19.3 Å². The number of nitrogens with one attached hydrogen (secondary N) is 1. The Hall–Kier alpha value is -1.59. The van der Waals surface area contributed by atoms with Crippen molar-refractivity contribution in [3.05, 3.63) is 34.9 Å². The van der Waals surface area contributed by atoms with E-state index in [1.165, 1.54) is 0 Å². The fourth-order valence-electron chi connectivity index (χ4n) is 2.83. The summed E-state index contributed by atoms with van der Waals surface area (Å²) in [5, 5.41) is 3.71. The third-order valence-electron chi connectivity index (χ3n) is 4.34. The van der Waals surface area contributed by atoms with E-state index in [9.17, 15) is 9.59 Å². The molecule has 1 fully saturated rings. The first-order valence-corrected chi connectivity index (χ1v) is 8.79. The Bertz CT molecular complexity index is 577. The van der Waals surface area contributed by atoms with E-state index in [0.717, 1.165) is 17.1 Å². The van der Waals surface area contributed by atoms with Crippen molar-refractivity contribution in [2.24, 2.45) is 5.92 Å². The Morgan fingerprint density at radius 3 is 2.83 bits per heavy atom. The van der Waals surface area contributed by atoms with E-state index in [2.05, 4.69) is 5.32 Å². The number of benzene rings is 1. The van der Waals surface area contributed by atoms with Crippen LogP contribution in [0.1, 0.15) is 18.4 Å². The van der Waals surface area contributed by atoms with Gasteiger partial charge in [0.05, 0.1) is 5.92 Å². The van der Waals surface area contributed by atoms with Crippen LogP contribution in [0.2, 0.25) is 5.02 Å². The summed E-state index contributed by atoms with van der Waals surface area (Å²) in [6.45, 7) is 2.57. The van der Waals surface area contributed by atoms with E-state index in [0.29, 0.717) is 38.9 Å². The van der Waals surface area contributed by atoms with E-state index in [4.69, 9.17) is 11.6 Å². The highest BCUT2D eigenvalue weighted by molar-refractivity contribution is 6.31. The van der Waals surface area contributed by atoms with Crippen LogP contribution < -0.4 is 5.32 Å². The van der Waals surface area contributed by atoms with Gasteiger partial charge >= 0.3 is 0 Å². The van der Waals surface area contributed by atoms with E-state index in [1.54, 1.807) is 0 Å². The Morgan fingerprint density at radius 2 is 2.12 bits per heavy atom. The Kier molecular flexibility index (Phi) is 7.06. The molecule has 0 bridgehead atoms. The van der Waals surface area contributed by atoms with Crippen LogP contribution in [0.25, 0.3) is 0 Å². The average molecular weight is 352 g/mol. The molecule has 1 atom stereocenters. The highest BCUT2D eigenvalue weighted by Gasteiger charge is 2.29. The van der Waals surface area contributed by atoms with E-state index in [-0.39, 0.29) is 17.7 Å². The topological polar surface area (TPSA) is 52.6 Å². The van der Waals surface area contributed by atoms with Gasteiger partial charge in [-0.25, -0.2) is 0 Å². The van der Waals surface area contributed by atoms with Crippen LogP contribution in [0.3, 0.4) is 0 Å². The molecule has 1 aromatic rings. The van der Waals surface area contributed by atoms with Gasteiger partial charge in [-0.05, 0) is 38.6 Å². The molecule has 0 unspecified atom stereocenters. The Labute approximate surface area is 149 Å². The van der Waals surface area contributed by atoms with Crippen molar-refractivity contribution < 1.29 is 9.59 Å². The number of piperidine rings is 1. The normalized spacial score (nSPS) is 18.1. The van der Waals surface area contributed by atoms with Crippen LogP contribution in [0.15, 0.2) is 24.3 Å². The molecule has 1 aliphatic heterocycles. The zero-order chi connectivity index (χ0) is 17.5. The first-order valence-electron chi connectivity index (χ1n) is 8.41. The molecule has 0 aromatic heterocycles.